The molecule has 122 valence electrons. The second kappa shape index (κ2) is 6.50. The molecule has 1 fully saturated rings. The highest BCUT2D eigenvalue weighted by Crippen LogP contribution is 2.37. The average Bonchev–Trinajstić information content (AvgIpc) is 3.35. The maximum Gasteiger partial charge on any atom is 0.416 e. The molecule has 0 N–H and O–H groups in total. The van der Waals surface area contributed by atoms with Crippen molar-refractivity contribution in [2.75, 3.05) is 13.2 Å². The summed E-state index contributed by atoms with van der Waals surface area (Å²) in [6, 6.07) is 12.5. The van der Waals surface area contributed by atoms with Crippen molar-refractivity contribution >= 4 is 0 Å². The number of ether oxygens (including phenoxy) is 3. The number of hydrogen-bond acceptors (Lipinski definition) is 3. The van der Waals surface area contributed by atoms with Crippen LogP contribution < -0.4 is 9.47 Å². The summed E-state index contributed by atoms with van der Waals surface area (Å²) in [6.45, 7) is 1.08. The SMILES string of the molecule is FC(F)(F)c1ccc(OC[C@@H]2CO2)c(OCc2ccccc2)c1. The van der Waals surface area contributed by atoms with Gasteiger partial charge in [-0.3, -0.25) is 0 Å². The molecule has 0 amide bonds. The highest BCUT2D eigenvalue weighted by Gasteiger charge is 2.32. The molecule has 1 aliphatic heterocycles. The lowest BCUT2D eigenvalue weighted by Crippen LogP contribution is -2.09. The molecular weight excluding hydrogens is 309 g/mol. The van der Waals surface area contributed by atoms with Gasteiger partial charge in [-0.2, -0.15) is 13.2 Å². The molecule has 0 aromatic heterocycles. The first-order chi connectivity index (χ1) is 11.0. The summed E-state index contributed by atoms with van der Waals surface area (Å²) in [5, 5.41) is 0. The van der Waals surface area contributed by atoms with Gasteiger partial charge in [-0.05, 0) is 23.8 Å². The van der Waals surface area contributed by atoms with Crippen molar-refractivity contribution in [3.63, 3.8) is 0 Å². The Hall–Kier alpha value is -2.21. The van der Waals surface area contributed by atoms with Crippen LogP contribution in [-0.2, 0) is 17.5 Å². The minimum absolute atomic E-state index is 0.0132. The normalized spacial score (nSPS) is 16.9. The van der Waals surface area contributed by atoms with Gasteiger partial charge in [0.15, 0.2) is 11.5 Å². The lowest BCUT2D eigenvalue weighted by Gasteiger charge is -2.15. The van der Waals surface area contributed by atoms with Crippen molar-refractivity contribution < 1.29 is 27.4 Å². The third-order valence-corrected chi connectivity index (χ3v) is 3.34. The van der Waals surface area contributed by atoms with Gasteiger partial charge in [-0.25, -0.2) is 0 Å². The van der Waals surface area contributed by atoms with Crippen molar-refractivity contribution in [3.8, 4) is 11.5 Å². The fraction of sp³-hybridized carbons (Fsp3) is 0.294. The van der Waals surface area contributed by atoms with Gasteiger partial charge in [0, 0.05) is 0 Å². The minimum atomic E-state index is -4.43. The maximum atomic E-state index is 12.9. The number of epoxide rings is 1. The fourth-order valence-electron chi connectivity index (χ4n) is 2.00. The predicted octanol–water partition coefficient (Wildman–Crippen LogP) is 4.06. The first-order valence-electron chi connectivity index (χ1n) is 7.15. The Labute approximate surface area is 131 Å². The van der Waals surface area contributed by atoms with E-state index in [4.69, 9.17) is 14.2 Å². The van der Waals surface area contributed by atoms with Crippen molar-refractivity contribution in [1.82, 2.24) is 0 Å². The van der Waals surface area contributed by atoms with Crippen LogP contribution in [0.1, 0.15) is 11.1 Å². The van der Waals surface area contributed by atoms with Crippen LogP contribution >= 0.6 is 0 Å². The number of rotatable bonds is 6. The largest absolute Gasteiger partial charge is 0.487 e. The smallest absolute Gasteiger partial charge is 0.416 e. The van der Waals surface area contributed by atoms with Crippen LogP contribution in [0.25, 0.3) is 0 Å². The van der Waals surface area contributed by atoms with Gasteiger partial charge in [0.05, 0.1) is 12.2 Å². The zero-order valence-corrected chi connectivity index (χ0v) is 12.2. The molecule has 0 unspecified atom stereocenters. The lowest BCUT2D eigenvalue weighted by atomic mass is 10.2. The molecule has 3 nitrogen and oxygen atoms in total. The van der Waals surface area contributed by atoms with E-state index in [0.29, 0.717) is 13.2 Å². The first-order valence-corrected chi connectivity index (χ1v) is 7.15. The van der Waals surface area contributed by atoms with Gasteiger partial charge in [-0.1, -0.05) is 30.3 Å². The third-order valence-electron chi connectivity index (χ3n) is 3.34. The Kier molecular flexibility index (Phi) is 4.43. The molecule has 1 atom stereocenters. The van der Waals surface area contributed by atoms with E-state index in [1.165, 1.54) is 6.07 Å². The Morgan fingerprint density at radius 2 is 1.74 bits per heavy atom. The molecule has 0 aliphatic carbocycles. The van der Waals surface area contributed by atoms with Gasteiger partial charge < -0.3 is 14.2 Å². The number of halogens is 3. The van der Waals surface area contributed by atoms with E-state index in [-0.39, 0.29) is 24.2 Å². The Balaban J connectivity index is 1.77. The van der Waals surface area contributed by atoms with E-state index in [9.17, 15) is 13.2 Å². The first kappa shape index (κ1) is 15.7. The molecular formula is C17H15F3O3. The zero-order chi connectivity index (χ0) is 16.3. The van der Waals surface area contributed by atoms with Crippen LogP contribution in [0, 0.1) is 0 Å². The standard InChI is InChI=1S/C17H15F3O3/c18-17(19,20)13-6-7-15(23-11-14-10-21-14)16(8-13)22-9-12-4-2-1-3-5-12/h1-8,14H,9-11H2/t14-/m0/s1. The van der Waals surface area contributed by atoms with E-state index >= 15 is 0 Å². The summed E-state index contributed by atoms with van der Waals surface area (Å²) in [4.78, 5) is 0. The Bertz CT molecular complexity index is 652. The summed E-state index contributed by atoms with van der Waals surface area (Å²) >= 11 is 0. The molecule has 6 heteroatoms. The summed E-state index contributed by atoms with van der Waals surface area (Å²) in [5.41, 5.74) is 0.0944. The van der Waals surface area contributed by atoms with Crippen LogP contribution in [0.3, 0.4) is 0 Å². The second-order valence-corrected chi connectivity index (χ2v) is 5.20. The van der Waals surface area contributed by atoms with Gasteiger partial charge in [0.1, 0.15) is 19.3 Å². The van der Waals surface area contributed by atoms with Crippen molar-refractivity contribution in [2.24, 2.45) is 0 Å². The number of hydrogen-bond donors (Lipinski definition) is 0. The van der Waals surface area contributed by atoms with E-state index in [2.05, 4.69) is 0 Å². The van der Waals surface area contributed by atoms with Gasteiger partial charge >= 0.3 is 6.18 Å². The zero-order valence-electron chi connectivity index (χ0n) is 12.2. The molecule has 1 heterocycles. The summed E-state index contributed by atoms with van der Waals surface area (Å²) in [6.07, 6.45) is -4.41. The predicted molar refractivity (Wildman–Crippen MR) is 77.5 cm³/mol. The summed E-state index contributed by atoms with van der Waals surface area (Å²) < 4.78 is 54.7. The van der Waals surface area contributed by atoms with Crippen LogP contribution in [0.2, 0.25) is 0 Å². The van der Waals surface area contributed by atoms with Crippen LogP contribution in [0.4, 0.5) is 13.2 Å². The monoisotopic (exact) mass is 324 g/mol. The molecule has 2 aromatic rings. The molecule has 0 spiro atoms. The maximum absolute atomic E-state index is 12.9. The molecule has 2 aromatic carbocycles. The summed E-state index contributed by atoms with van der Waals surface area (Å²) in [5.74, 6) is 0.355. The van der Waals surface area contributed by atoms with Crippen LogP contribution in [0.5, 0.6) is 11.5 Å². The lowest BCUT2D eigenvalue weighted by molar-refractivity contribution is -0.137. The Morgan fingerprint density at radius 3 is 2.39 bits per heavy atom. The third kappa shape index (κ3) is 4.39. The quantitative estimate of drug-likeness (QED) is 0.751. The highest BCUT2D eigenvalue weighted by molar-refractivity contribution is 5.44. The molecule has 0 bridgehead atoms. The average molecular weight is 324 g/mol. The minimum Gasteiger partial charge on any atom is -0.487 e. The number of alkyl halides is 3. The molecule has 3 rings (SSSR count). The van der Waals surface area contributed by atoms with E-state index in [1.54, 1.807) is 0 Å². The van der Waals surface area contributed by atoms with Crippen molar-refractivity contribution in [1.29, 1.82) is 0 Å². The Morgan fingerprint density at radius 1 is 1.00 bits per heavy atom. The van der Waals surface area contributed by atoms with Gasteiger partial charge in [0.25, 0.3) is 0 Å². The second-order valence-electron chi connectivity index (χ2n) is 5.20. The number of benzene rings is 2. The van der Waals surface area contributed by atoms with Crippen molar-refractivity contribution in [2.45, 2.75) is 18.9 Å². The molecule has 1 saturated heterocycles. The summed E-state index contributed by atoms with van der Waals surface area (Å²) in [7, 11) is 0. The molecule has 1 aliphatic rings. The van der Waals surface area contributed by atoms with Crippen LogP contribution in [-0.4, -0.2) is 19.3 Å². The van der Waals surface area contributed by atoms with E-state index in [1.807, 2.05) is 30.3 Å². The highest BCUT2D eigenvalue weighted by atomic mass is 19.4. The van der Waals surface area contributed by atoms with E-state index in [0.717, 1.165) is 17.7 Å². The van der Waals surface area contributed by atoms with Gasteiger partial charge in [0.2, 0.25) is 0 Å². The molecule has 23 heavy (non-hydrogen) atoms. The van der Waals surface area contributed by atoms with Crippen molar-refractivity contribution in [3.05, 3.63) is 59.7 Å². The fourth-order valence-corrected chi connectivity index (χ4v) is 2.00. The van der Waals surface area contributed by atoms with Gasteiger partial charge in [-0.15, -0.1) is 0 Å². The molecule has 0 radical (unpaired) electrons. The molecule has 0 saturated carbocycles. The van der Waals surface area contributed by atoms with E-state index < -0.39 is 11.7 Å². The van der Waals surface area contributed by atoms with Crippen LogP contribution in [0.15, 0.2) is 48.5 Å². The topological polar surface area (TPSA) is 31.0 Å².